The van der Waals surface area contributed by atoms with Crippen molar-refractivity contribution in [1.29, 1.82) is 0 Å². The molecule has 2 heterocycles. The zero-order valence-electron chi connectivity index (χ0n) is 16.7. The van der Waals surface area contributed by atoms with Gasteiger partial charge >= 0.3 is 0 Å². The van der Waals surface area contributed by atoms with E-state index in [2.05, 4.69) is 53.3 Å². The minimum atomic E-state index is 0.285. The van der Waals surface area contributed by atoms with Gasteiger partial charge in [0.1, 0.15) is 6.33 Å². The van der Waals surface area contributed by atoms with Crippen LogP contribution in [0.25, 0.3) is 17.3 Å². The molecule has 0 N–H and O–H groups in total. The largest absolute Gasteiger partial charge is 0.293 e. The van der Waals surface area contributed by atoms with Crippen LogP contribution >= 0.6 is 11.3 Å². The summed E-state index contributed by atoms with van der Waals surface area (Å²) in [6.07, 6.45) is 12.9. The number of fused-ring (bicyclic) bond motifs is 2. The van der Waals surface area contributed by atoms with Crippen LogP contribution in [0.3, 0.4) is 0 Å². The Morgan fingerprint density at radius 2 is 2.03 bits per heavy atom. The molecule has 0 unspecified atom stereocenters. The number of rotatable bonds is 5. The van der Waals surface area contributed by atoms with Gasteiger partial charge in [0.15, 0.2) is 5.78 Å². The van der Waals surface area contributed by atoms with E-state index in [1.807, 2.05) is 0 Å². The molecule has 0 atom stereocenters. The molecule has 0 aliphatic heterocycles. The number of hydrogen-bond acceptors (Lipinski definition) is 4. The first-order valence-electron chi connectivity index (χ1n) is 10.4. The summed E-state index contributed by atoms with van der Waals surface area (Å²) in [5, 5.41) is 0. The Morgan fingerprint density at radius 3 is 2.90 bits per heavy atom. The topological polar surface area (TPSA) is 42.9 Å². The van der Waals surface area contributed by atoms with Crippen molar-refractivity contribution >= 4 is 23.2 Å². The second-order valence-corrected chi connectivity index (χ2v) is 9.16. The molecule has 3 nitrogen and oxygen atoms in total. The van der Waals surface area contributed by atoms with Crippen LogP contribution in [-0.2, 0) is 25.7 Å². The van der Waals surface area contributed by atoms with Crippen molar-refractivity contribution in [1.82, 2.24) is 9.97 Å². The minimum Gasteiger partial charge on any atom is -0.293 e. The lowest BCUT2D eigenvalue weighted by molar-refractivity contribution is 0.0986. The molecule has 5 rings (SSSR count). The molecule has 29 heavy (non-hydrogen) atoms. The molecule has 2 aliphatic carbocycles. The molecule has 0 spiro atoms. The standard InChI is InChI=1S/C25H24N2OS/c1-16-13-19(25-20-6-4-7-21(20)26-15-27-25)10-9-17(16)11-12-22(28)24-14-18-5-2-3-8-23(18)29-24/h4,7,9-10,13-15H,2-3,5-6,8,11-12H2,1H3. The number of thiophene rings is 1. The number of aromatic nitrogens is 2. The molecule has 0 bridgehead atoms. The van der Waals surface area contributed by atoms with Gasteiger partial charge in [0.05, 0.1) is 16.3 Å². The Balaban J connectivity index is 1.31. The Morgan fingerprint density at radius 1 is 1.14 bits per heavy atom. The van der Waals surface area contributed by atoms with E-state index in [0.717, 1.165) is 47.5 Å². The quantitative estimate of drug-likeness (QED) is 0.510. The lowest BCUT2D eigenvalue weighted by Gasteiger charge is -2.10. The van der Waals surface area contributed by atoms with Gasteiger partial charge in [0, 0.05) is 22.4 Å². The average Bonchev–Trinajstić information content (AvgIpc) is 3.39. The van der Waals surface area contributed by atoms with Crippen LogP contribution in [0.15, 0.2) is 36.7 Å². The number of benzene rings is 1. The van der Waals surface area contributed by atoms with Crippen molar-refractivity contribution in [3.8, 4) is 11.3 Å². The average molecular weight is 401 g/mol. The van der Waals surface area contributed by atoms with E-state index < -0.39 is 0 Å². The summed E-state index contributed by atoms with van der Waals surface area (Å²) in [5.74, 6) is 0.285. The second kappa shape index (κ2) is 7.68. The number of ketones is 1. The van der Waals surface area contributed by atoms with E-state index in [4.69, 9.17) is 0 Å². The van der Waals surface area contributed by atoms with Gasteiger partial charge in [-0.15, -0.1) is 11.3 Å². The molecule has 0 fully saturated rings. The van der Waals surface area contributed by atoms with Gasteiger partial charge in [-0.3, -0.25) is 4.79 Å². The minimum absolute atomic E-state index is 0.285. The zero-order valence-corrected chi connectivity index (χ0v) is 17.5. The maximum atomic E-state index is 12.7. The summed E-state index contributed by atoms with van der Waals surface area (Å²) in [6.45, 7) is 2.13. The highest BCUT2D eigenvalue weighted by molar-refractivity contribution is 7.14. The normalized spacial score (nSPS) is 14.7. The van der Waals surface area contributed by atoms with Gasteiger partial charge in [-0.1, -0.05) is 18.2 Å². The van der Waals surface area contributed by atoms with E-state index >= 15 is 0 Å². The van der Waals surface area contributed by atoms with Gasteiger partial charge in [-0.2, -0.15) is 0 Å². The monoisotopic (exact) mass is 400 g/mol. The molecule has 4 heteroatoms. The summed E-state index contributed by atoms with van der Waals surface area (Å²) in [6, 6.07) is 8.65. The Labute approximate surface area is 175 Å². The highest BCUT2D eigenvalue weighted by Gasteiger charge is 2.18. The molecule has 0 saturated heterocycles. The van der Waals surface area contributed by atoms with Crippen molar-refractivity contribution < 1.29 is 4.79 Å². The second-order valence-electron chi connectivity index (χ2n) is 8.02. The van der Waals surface area contributed by atoms with Gasteiger partial charge in [0.2, 0.25) is 0 Å². The van der Waals surface area contributed by atoms with Crippen LogP contribution in [0.5, 0.6) is 0 Å². The van der Waals surface area contributed by atoms with Crippen molar-refractivity contribution in [2.75, 3.05) is 0 Å². The first-order valence-corrected chi connectivity index (χ1v) is 11.3. The van der Waals surface area contributed by atoms with Crippen LogP contribution in [0.4, 0.5) is 0 Å². The van der Waals surface area contributed by atoms with Crippen molar-refractivity contribution in [3.05, 3.63) is 74.4 Å². The van der Waals surface area contributed by atoms with Crippen molar-refractivity contribution in [3.63, 3.8) is 0 Å². The van der Waals surface area contributed by atoms with E-state index in [9.17, 15) is 4.79 Å². The molecule has 0 amide bonds. The number of carbonyl (C=O) groups is 1. The number of hydrogen-bond donors (Lipinski definition) is 0. The SMILES string of the molecule is Cc1cc(-c2ncnc3c2CC=C3)ccc1CCC(=O)c1cc2c(s1)CCCC2. The van der Waals surface area contributed by atoms with Gasteiger partial charge in [0.25, 0.3) is 0 Å². The highest BCUT2D eigenvalue weighted by atomic mass is 32.1. The van der Waals surface area contributed by atoms with Gasteiger partial charge in [-0.25, -0.2) is 9.97 Å². The number of Topliss-reactive ketones (excluding diaryl/α,β-unsaturated/α-hetero) is 1. The molecule has 146 valence electrons. The van der Waals surface area contributed by atoms with Crippen LogP contribution in [0, 0.1) is 6.92 Å². The van der Waals surface area contributed by atoms with Gasteiger partial charge in [-0.05, 0) is 80.3 Å². The smallest absolute Gasteiger partial charge is 0.173 e. The maximum absolute atomic E-state index is 12.7. The first kappa shape index (κ1) is 18.4. The molecule has 3 aromatic rings. The highest BCUT2D eigenvalue weighted by Crippen LogP contribution is 2.31. The number of aryl methyl sites for hydroxylation is 4. The third-order valence-electron chi connectivity index (χ3n) is 6.09. The predicted molar refractivity (Wildman–Crippen MR) is 119 cm³/mol. The summed E-state index contributed by atoms with van der Waals surface area (Å²) < 4.78 is 0. The van der Waals surface area contributed by atoms with Gasteiger partial charge < -0.3 is 0 Å². The van der Waals surface area contributed by atoms with E-state index in [0.29, 0.717) is 6.42 Å². The fourth-order valence-electron chi connectivity index (χ4n) is 4.43. The van der Waals surface area contributed by atoms with Crippen LogP contribution < -0.4 is 0 Å². The first-order chi connectivity index (χ1) is 14.2. The Bertz CT molecular complexity index is 1100. The number of nitrogens with zero attached hydrogens (tertiary/aromatic N) is 2. The van der Waals surface area contributed by atoms with E-state index in [1.54, 1.807) is 17.7 Å². The molecule has 1 aromatic carbocycles. The van der Waals surface area contributed by atoms with Crippen LogP contribution in [0.2, 0.25) is 0 Å². The summed E-state index contributed by atoms with van der Waals surface area (Å²) >= 11 is 1.72. The van der Waals surface area contributed by atoms with Crippen LogP contribution in [-0.4, -0.2) is 15.8 Å². The number of allylic oxidation sites excluding steroid dienone is 1. The third-order valence-corrected chi connectivity index (χ3v) is 7.36. The predicted octanol–water partition coefficient (Wildman–Crippen LogP) is 5.78. The fraction of sp³-hybridized carbons (Fsp3) is 0.320. The summed E-state index contributed by atoms with van der Waals surface area (Å²) in [5.41, 5.74) is 8.27. The van der Waals surface area contributed by atoms with E-state index in [-0.39, 0.29) is 5.78 Å². The molecular formula is C25H24N2OS. The number of carbonyl (C=O) groups excluding carboxylic acids is 1. The lowest BCUT2D eigenvalue weighted by atomic mass is 9.96. The van der Waals surface area contributed by atoms with Crippen LogP contribution in [0.1, 0.15) is 61.8 Å². The maximum Gasteiger partial charge on any atom is 0.173 e. The molecule has 2 aliphatic rings. The van der Waals surface area contributed by atoms with E-state index in [1.165, 1.54) is 40.0 Å². The Hall–Kier alpha value is -2.59. The Kier molecular flexibility index (Phi) is 4.88. The van der Waals surface area contributed by atoms with Crippen molar-refractivity contribution in [2.45, 2.75) is 51.9 Å². The molecule has 0 saturated carbocycles. The summed E-state index contributed by atoms with van der Waals surface area (Å²) in [4.78, 5) is 24.0. The molecular weight excluding hydrogens is 376 g/mol. The zero-order chi connectivity index (χ0) is 19.8. The third kappa shape index (κ3) is 3.58. The molecule has 2 aromatic heterocycles. The lowest BCUT2D eigenvalue weighted by Crippen LogP contribution is -2.01. The fourth-order valence-corrected chi connectivity index (χ4v) is 5.65. The molecule has 0 radical (unpaired) electrons. The summed E-state index contributed by atoms with van der Waals surface area (Å²) in [7, 11) is 0. The van der Waals surface area contributed by atoms with Crippen molar-refractivity contribution in [2.24, 2.45) is 0 Å².